The van der Waals surface area contributed by atoms with Crippen molar-refractivity contribution in [1.82, 2.24) is 14.5 Å². The van der Waals surface area contributed by atoms with Crippen molar-refractivity contribution in [2.24, 2.45) is 11.3 Å². The number of hydrogen-bond donors (Lipinski definition) is 1. The molecule has 3 aromatic rings. The van der Waals surface area contributed by atoms with Gasteiger partial charge in [-0.05, 0) is 72.4 Å². The second-order valence-corrected chi connectivity index (χ2v) is 8.97. The third kappa shape index (κ3) is 3.41. The lowest BCUT2D eigenvalue weighted by Gasteiger charge is -2.37. The molecule has 1 aromatic carbocycles. The average Bonchev–Trinajstić information content (AvgIpc) is 2.68. The van der Waals surface area contributed by atoms with Crippen molar-refractivity contribution in [2.45, 2.75) is 52.5 Å². The molecule has 1 aliphatic carbocycles. The molecule has 2 aromatic heterocycles. The highest BCUT2D eigenvalue weighted by Crippen LogP contribution is 2.40. The standard InChI is InChI=1S/C23H27N3O2/c1-23(2,3)17-5-7-18(8-6-17)26-21(27)19-14-16(15-10-12-24-13-11-15)4-9-20(19)25-22(26)28/h4,9-14,17-18H,5-8H2,1-3H3,(H,25,28). The van der Waals surface area contributed by atoms with Gasteiger partial charge in [-0.15, -0.1) is 0 Å². The molecule has 0 unspecified atom stereocenters. The largest absolute Gasteiger partial charge is 0.329 e. The first-order valence-electron chi connectivity index (χ1n) is 10.0. The molecule has 0 radical (unpaired) electrons. The Bertz CT molecular complexity index is 1100. The second-order valence-electron chi connectivity index (χ2n) is 8.97. The van der Waals surface area contributed by atoms with Crippen molar-refractivity contribution in [3.8, 4) is 11.1 Å². The summed E-state index contributed by atoms with van der Waals surface area (Å²) in [5.74, 6) is 0.636. The summed E-state index contributed by atoms with van der Waals surface area (Å²) in [5, 5.41) is 0.562. The summed E-state index contributed by atoms with van der Waals surface area (Å²) in [6.07, 6.45) is 7.32. The minimum absolute atomic E-state index is 0.0242. The van der Waals surface area contributed by atoms with E-state index in [1.54, 1.807) is 12.4 Å². The molecule has 5 nitrogen and oxygen atoms in total. The van der Waals surface area contributed by atoms with Crippen LogP contribution in [0.5, 0.6) is 0 Å². The molecule has 146 valence electrons. The number of pyridine rings is 1. The molecule has 4 rings (SSSR count). The van der Waals surface area contributed by atoms with Crippen molar-refractivity contribution >= 4 is 10.9 Å². The van der Waals surface area contributed by atoms with Gasteiger partial charge in [0.15, 0.2) is 0 Å². The molecule has 0 saturated heterocycles. The van der Waals surface area contributed by atoms with E-state index in [1.807, 2.05) is 30.3 Å². The van der Waals surface area contributed by atoms with Crippen LogP contribution in [0.4, 0.5) is 0 Å². The zero-order chi connectivity index (χ0) is 19.9. The summed E-state index contributed by atoms with van der Waals surface area (Å²) in [7, 11) is 0. The van der Waals surface area contributed by atoms with Gasteiger partial charge in [-0.25, -0.2) is 4.79 Å². The lowest BCUT2D eigenvalue weighted by molar-refractivity contribution is 0.149. The number of benzene rings is 1. The summed E-state index contributed by atoms with van der Waals surface area (Å²) >= 11 is 0. The number of aromatic amines is 1. The molecule has 0 aliphatic heterocycles. The molecule has 1 aliphatic rings. The van der Waals surface area contributed by atoms with Gasteiger partial charge in [0, 0.05) is 18.4 Å². The van der Waals surface area contributed by atoms with E-state index in [-0.39, 0.29) is 22.7 Å². The first kappa shape index (κ1) is 18.7. The molecule has 1 N–H and O–H groups in total. The van der Waals surface area contributed by atoms with Crippen LogP contribution in [-0.2, 0) is 0 Å². The first-order chi connectivity index (χ1) is 13.3. The molecule has 2 heterocycles. The molecule has 0 bridgehead atoms. The van der Waals surface area contributed by atoms with E-state index in [9.17, 15) is 9.59 Å². The first-order valence-corrected chi connectivity index (χ1v) is 10.0. The Morgan fingerprint density at radius 3 is 2.29 bits per heavy atom. The van der Waals surface area contributed by atoms with E-state index >= 15 is 0 Å². The van der Waals surface area contributed by atoms with Crippen LogP contribution in [0, 0.1) is 11.3 Å². The Kier molecular flexibility index (Phi) is 4.69. The van der Waals surface area contributed by atoms with Crippen LogP contribution in [0.15, 0.2) is 52.3 Å². The van der Waals surface area contributed by atoms with Gasteiger partial charge in [-0.2, -0.15) is 0 Å². The number of fused-ring (bicyclic) bond motifs is 1. The van der Waals surface area contributed by atoms with Gasteiger partial charge in [0.25, 0.3) is 5.56 Å². The van der Waals surface area contributed by atoms with Crippen molar-refractivity contribution in [1.29, 1.82) is 0 Å². The SMILES string of the molecule is CC(C)(C)C1CCC(n2c(=O)[nH]c3ccc(-c4ccncc4)cc3c2=O)CC1. The molecule has 1 fully saturated rings. The number of hydrogen-bond acceptors (Lipinski definition) is 3. The minimum atomic E-state index is -0.298. The zero-order valence-electron chi connectivity index (χ0n) is 16.7. The van der Waals surface area contributed by atoms with Crippen LogP contribution in [0.2, 0.25) is 0 Å². The lowest BCUT2D eigenvalue weighted by Crippen LogP contribution is -2.40. The second kappa shape index (κ2) is 7.04. The highest BCUT2D eigenvalue weighted by atomic mass is 16.2. The summed E-state index contributed by atoms with van der Waals surface area (Å²) in [6.45, 7) is 6.81. The van der Waals surface area contributed by atoms with E-state index in [1.165, 1.54) is 4.57 Å². The maximum Gasteiger partial charge on any atom is 0.329 e. The summed E-state index contributed by atoms with van der Waals surface area (Å²) in [5.41, 5.74) is 2.32. The maximum atomic E-state index is 13.2. The summed E-state index contributed by atoms with van der Waals surface area (Å²) in [6, 6.07) is 9.42. The number of aromatic nitrogens is 3. The van der Waals surface area contributed by atoms with Crippen molar-refractivity contribution in [3.05, 3.63) is 63.6 Å². The van der Waals surface area contributed by atoms with Crippen LogP contribution >= 0.6 is 0 Å². The lowest BCUT2D eigenvalue weighted by atomic mass is 9.71. The molecule has 1 saturated carbocycles. The Hall–Kier alpha value is -2.69. The van der Waals surface area contributed by atoms with Gasteiger partial charge < -0.3 is 4.98 Å². The van der Waals surface area contributed by atoms with Gasteiger partial charge in [-0.3, -0.25) is 14.3 Å². The Morgan fingerprint density at radius 2 is 1.64 bits per heavy atom. The highest BCUT2D eigenvalue weighted by molar-refractivity contribution is 5.83. The molecule has 28 heavy (non-hydrogen) atoms. The maximum absolute atomic E-state index is 13.2. The number of nitrogens with zero attached hydrogens (tertiary/aromatic N) is 2. The average molecular weight is 377 g/mol. The summed E-state index contributed by atoms with van der Waals surface area (Å²) in [4.78, 5) is 32.9. The van der Waals surface area contributed by atoms with Gasteiger partial charge in [-0.1, -0.05) is 26.8 Å². The third-order valence-electron chi connectivity index (χ3n) is 6.23. The summed E-state index contributed by atoms with van der Waals surface area (Å²) < 4.78 is 1.46. The molecule has 0 amide bonds. The molecule has 0 spiro atoms. The monoisotopic (exact) mass is 377 g/mol. The third-order valence-corrected chi connectivity index (χ3v) is 6.23. The highest BCUT2D eigenvalue weighted by Gasteiger charge is 2.31. The van der Waals surface area contributed by atoms with Crippen LogP contribution in [0.3, 0.4) is 0 Å². The van der Waals surface area contributed by atoms with Gasteiger partial charge >= 0.3 is 5.69 Å². The fraction of sp³-hybridized carbons (Fsp3) is 0.435. The van der Waals surface area contributed by atoms with Crippen LogP contribution in [0.25, 0.3) is 22.0 Å². The van der Waals surface area contributed by atoms with E-state index < -0.39 is 0 Å². The topological polar surface area (TPSA) is 67.8 Å². The Labute approximate surface area is 164 Å². The quantitative estimate of drug-likeness (QED) is 0.713. The van der Waals surface area contributed by atoms with E-state index in [0.29, 0.717) is 16.8 Å². The normalized spacial score (nSPS) is 20.4. The van der Waals surface area contributed by atoms with Crippen molar-refractivity contribution in [2.75, 3.05) is 0 Å². The van der Waals surface area contributed by atoms with Crippen molar-refractivity contribution in [3.63, 3.8) is 0 Å². The number of rotatable bonds is 2. The fourth-order valence-electron chi connectivity index (χ4n) is 4.48. The predicted octanol–water partition coefficient (Wildman–Crippen LogP) is 4.53. The molecule has 0 atom stereocenters. The van der Waals surface area contributed by atoms with Gasteiger partial charge in [0.05, 0.1) is 10.9 Å². The van der Waals surface area contributed by atoms with E-state index in [4.69, 9.17) is 0 Å². The number of nitrogens with one attached hydrogen (secondary N) is 1. The van der Waals surface area contributed by atoms with E-state index in [2.05, 4.69) is 30.7 Å². The zero-order valence-corrected chi connectivity index (χ0v) is 16.7. The fourth-order valence-corrected chi connectivity index (χ4v) is 4.48. The molecular formula is C23H27N3O2. The van der Waals surface area contributed by atoms with Gasteiger partial charge in [0.2, 0.25) is 0 Å². The van der Waals surface area contributed by atoms with Crippen LogP contribution < -0.4 is 11.2 Å². The Balaban J connectivity index is 1.74. The molecular weight excluding hydrogens is 350 g/mol. The van der Waals surface area contributed by atoms with E-state index in [0.717, 1.165) is 36.8 Å². The predicted molar refractivity (Wildman–Crippen MR) is 113 cm³/mol. The van der Waals surface area contributed by atoms with Crippen molar-refractivity contribution < 1.29 is 0 Å². The van der Waals surface area contributed by atoms with Crippen LogP contribution in [0.1, 0.15) is 52.5 Å². The Morgan fingerprint density at radius 1 is 0.964 bits per heavy atom. The number of H-pyrrole nitrogens is 1. The minimum Gasteiger partial charge on any atom is -0.307 e. The smallest absolute Gasteiger partial charge is 0.307 e. The van der Waals surface area contributed by atoms with Crippen LogP contribution in [-0.4, -0.2) is 14.5 Å². The molecule has 5 heteroatoms. The van der Waals surface area contributed by atoms with Gasteiger partial charge in [0.1, 0.15) is 0 Å².